The Morgan fingerprint density at radius 3 is 2.41 bits per heavy atom. The number of carbonyl (C=O) groups is 2. The van der Waals surface area contributed by atoms with Gasteiger partial charge in [0.25, 0.3) is 0 Å². The number of hydrogen-bond acceptors (Lipinski definition) is 17. The maximum atomic E-state index is 17.3. The Hall–Kier alpha value is -6.64. The van der Waals surface area contributed by atoms with Crippen LogP contribution < -0.4 is 30.7 Å². The zero-order valence-corrected chi connectivity index (χ0v) is 47.7. The number of aliphatic hydroxyl groups is 1. The number of fused-ring (bicyclic) bond motifs is 4. The lowest BCUT2D eigenvalue weighted by atomic mass is 9.77. The molecule has 3 unspecified atom stereocenters. The highest BCUT2D eigenvalue weighted by molar-refractivity contribution is 7.13. The lowest BCUT2D eigenvalue weighted by molar-refractivity contribution is -0.138. The Labute approximate surface area is 475 Å². The van der Waals surface area contributed by atoms with Crippen LogP contribution in [0.15, 0.2) is 76.9 Å². The van der Waals surface area contributed by atoms with E-state index in [-0.39, 0.29) is 48.2 Å². The van der Waals surface area contributed by atoms with E-state index in [1.165, 1.54) is 0 Å². The number of piperidine rings is 1. The highest BCUT2D eigenvalue weighted by Crippen LogP contribution is 2.42. The molecule has 4 aromatic heterocycles. The van der Waals surface area contributed by atoms with Crippen molar-refractivity contribution in [2.45, 2.75) is 127 Å². The Kier molecular flexibility index (Phi) is 14.1. The number of β-amino-alcohol motifs (C(OH)–C–C–N with tert-alkyl or cyclic N) is 1. The van der Waals surface area contributed by atoms with E-state index in [0.29, 0.717) is 52.6 Å². The molecule has 81 heavy (non-hydrogen) atoms. The van der Waals surface area contributed by atoms with Crippen LogP contribution in [0, 0.1) is 24.6 Å². The quantitative estimate of drug-likeness (QED) is 0.0579. The molecule has 7 aromatic rings. The molecule has 10 heterocycles. The minimum atomic E-state index is -1.58. The van der Waals surface area contributed by atoms with E-state index in [2.05, 4.69) is 52.6 Å². The molecule has 2 bridgehead atoms. The normalized spacial score (nSPS) is 23.3. The van der Waals surface area contributed by atoms with E-state index in [1.807, 2.05) is 81.7 Å². The van der Waals surface area contributed by atoms with Crippen LogP contribution in [0.25, 0.3) is 43.4 Å². The molecule has 0 spiro atoms. The SMILES string of the molecule is CCc1cccc2cc(O)cc(-c3ncc4c(N5CC6CCC(C5)N6)nc(N5CC(N6CCC(CC7CN(c8cc(C(C)(C)CC(=O)[C@]9(C(=O)N[C@@H](C)c%10ccc(-c%11scnc%11C)cc%10)CC(O)CN9)on8)C7)CC6)C5)nc4c3F)c12. The number of carbonyl (C=O) groups excluding carboxylic acids is 2. The first-order chi connectivity index (χ1) is 39.1. The number of hydrogen-bond donors (Lipinski definition) is 5. The summed E-state index contributed by atoms with van der Waals surface area (Å²) >= 11 is 1.59. The summed E-state index contributed by atoms with van der Waals surface area (Å²) in [6.45, 7) is 17.0. The van der Waals surface area contributed by atoms with Gasteiger partial charge in [0.1, 0.15) is 28.5 Å². The molecule has 6 aliphatic rings. The second-order valence-corrected chi connectivity index (χ2v) is 25.6. The van der Waals surface area contributed by atoms with Crippen molar-refractivity contribution in [3.63, 3.8) is 0 Å². The van der Waals surface area contributed by atoms with E-state index in [9.17, 15) is 19.8 Å². The zero-order valence-electron chi connectivity index (χ0n) is 46.9. The van der Waals surface area contributed by atoms with Gasteiger partial charge in [0.2, 0.25) is 11.9 Å². The minimum Gasteiger partial charge on any atom is -0.508 e. The number of anilines is 3. The first-order valence-electron chi connectivity index (χ1n) is 29.2. The van der Waals surface area contributed by atoms with Gasteiger partial charge >= 0.3 is 0 Å². The Morgan fingerprint density at radius 1 is 0.938 bits per heavy atom. The minimum absolute atomic E-state index is 0.00918. The van der Waals surface area contributed by atoms with Crippen molar-refractivity contribution in [1.29, 1.82) is 0 Å². The van der Waals surface area contributed by atoms with Gasteiger partial charge in [0, 0.05) is 100 Å². The number of nitrogens with zero attached hydrogens (tertiary/aromatic N) is 9. The molecule has 6 fully saturated rings. The summed E-state index contributed by atoms with van der Waals surface area (Å²) in [6.07, 6.45) is 7.33. The van der Waals surface area contributed by atoms with Crippen LogP contribution in [-0.2, 0) is 21.4 Å². The van der Waals surface area contributed by atoms with Crippen molar-refractivity contribution >= 4 is 62.3 Å². The number of phenolic OH excluding ortho intramolecular Hbond substituents is 1. The third-order valence-corrected chi connectivity index (χ3v) is 19.7. The maximum Gasteiger partial charge on any atom is 0.248 e. The van der Waals surface area contributed by atoms with Crippen molar-refractivity contribution in [3.8, 4) is 27.4 Å². The van der Waals surface area contributed by atoms with E-state index >= 15 is 4.39 Å². The summed E-state index contributed by atoms with van der Waals surface area (Å²) in [5.41, 5.74) is 4.50. The number of aliphatic hydroxyl groups excluding tert-OH is 1. The molecular weight excluding hydrogens is 1040 g/mol. The number of phenols is 1. The molecule has 6 aliphatic heterocycles. The van der Waals surface area contributed by atoms with Gasteiger partial charge in [-0.05, 0) is 117 Å². The summed E-state index contributed by atoms with van der Waals surface area (Å²) in [5, 5.41) is 38.2. The molecule has 5 N–H and O–H groups in total. The molecule has 1 amide bonds. The van der Waals surface area contributed by atoms with Gasteiger partial charge in [0.05, 0.1) is 33.6 Å². The van der Waals surface area contributed by atoms with E-state index < -0.39 is 28.8 Å². The van der Waals surface area contributed by atoms with E-state index in [4.69, 9.17) is 19.5 Å². The average molecular weight is 1120 g/mol. The molecule has 424 valence electrons. The summed E-state index contributed by atoms with van der Waals surface area (Å²) in [4.78, 5) is 58.3. The van der Waals surface area contributed by atoms with Gasteiger partial charge in [-0.3, -0.25) is 24.8 Å². The molecule has 0 aliphatic carbocycles. The van der Waals surface area contributed by atoms with Crippen molar-refractivity contribution < 1.29 is 28.7 Å². The number of aryl methyl sites for hydroxylation is 2. The fraction of sp³-hybridized carbons (Fsp3) is 0.500. The fourth-order valence-electron chi connectivity index (χ4n) is 13.9. The number of ketones is 1. The predicted molar refractivity (Wildman–Crippen MR) is 313 cm³/mol. The van der Waals surface area contributed by atoms with Crippen LogP contribution in [0.2, 0.25) is 0 Å². The molecule has 17 nitrogen and oxygen atoms in total. The number of piperazine rings is 1. The number of thiazole rings is 1. The Balaban J connectivity index is 0.614. The topological polar surface area (TPSA) is 201 Å². The lowest BCUT2D eigenvalue weighted by Gasteiger charge is -2.48. The predicted octanol–water partition coefficient (Wildman–Crippen LogP) is 8.25. The highest BCUT2D eigenvalue weighted by atomic mass is 32.1. The standard InChI is InChI=1S/C62H73FN12O5S/c1-6-39-8-7-9-42-21-46(76)22-48(53(39)42)55-54(63)56-49(27-64-55)58(74-30-43-14-15-44(31-74)68-43)70-60(69-56)75-32-45(33-75)72-18-16-37(17-19-72)20-38-28-73(29-38)52-23-51(80-71-52)61(4,5)25-50(78)62(24-47(77)26-66-62)59(79)67-35(2)40-10-12-41(13-11-40)57-36(3)65-34-81-57/h7-13,21-23,27,34-35,37-38,43-45,47,66,68,76-77H,6,14-20,24-26,28-33H2,1-5H3,(H,67,79)/t35-,43?,44?,47?,62-/m0/s1. The van der Waals surface area contributed by atoms with Crippen molar-refractivity contribution in [3.05, 3.63) is 101 Å². The third kappa shape index (κ3) is 10.1. The van der Waals surface area contributed by atoms with Gasteiger partial charge in [-0.25, -0.2) is 14.4 Å². The molecule has 13 rings (SSSR count). The van der Waals surface area contributed by atoms with Crippen LogP contribution in [-0.4, -0.2) is 141 Å². The molecule has 6 saturated heterocycles. The first-order valence-corrected chi connectivity index (χ1v) is 30.1. The van der Waals surface area contributed by atoms with Crippen molar-refractivity contribution in [2.24, 2.45) is 11.8 Å². The number of pyridine rings is 1. The number of nitrogens with one attached hydrogen (secondary N) is 3. The Bertz CT molecular complexity index is 3510. The van der Waals surface area contributed by atoms with Crippen LogP contribution in [0.4, 0.5) is 22.0 Å². The second-order valence-electron chi connectivity index (χ2n) is 24.7. The third-order valence-electron chi connectivity index (χ3n) is 18.7. The van der Waals surface area contributed by atoms with Gasteiger partial charge in [-0.2, -0.15) is 4.98 Å². The van der Waals surface area contributed by atoms with Crippen LogP contribution in [0.1, 0.15) is 101 Å². The zero-order chi connectivity index (χ0) is 55.9. The number of benzene rings is 3. The molecule has 19 heteroatoms. The number of halogens is 1. The van der Waals surface area contributed by atoms with Gasteiger partial charge in [-0.15, -0.1) is 11.3 Å². The highest BCUT2D eigenvalue weighted by Gasteiger charge is 2.52. The lowest BCUT2D eigenvalue weighted by Crippen LogP contribution is -2.61. The molecule has 3 aromatic carbocycles. The summed E-state index contributed by atoms with van der Waals surface area (Å²) in [7, 11) is 0. The monoisotopic (exact) mass is 1120 g/mol. The van der Waals surface area contributed by atoms with Crippen molar-refractivity contribution in [2.75, 3.05) is 73.6 Å². The van der Waals surface area contributed by atoms with Crippen LogP contribution in [0.5, 0.6) is 5.75 Å². The van der Waals surface area contributed by atoms with Gasteiger partial charge < -0.3 is 40.1 Å². The second kappa shape index (κ2) is 21.3. The van der Waals surface area contributed by atoms with E-state index in [1.54, 1.807) is 29.7 Å². The Morgan fingerprint density at radius 2 is 1.70 bits per heavy atom. The average Bonchev–Trinajstić information content (AvgIpc) is 4.49. The fourth-order valence-corrected chi connectivity index (χ4v) is 14.7. The molecule has 0 saturated carbocycles. The maximum absolute atomic E-state index is 17.3. The first kappa shape index (κ1) is 53.7. The molecular formula is C62H73FN12O5S. The summed E-state index contributed by atoms with van der Waals surface area (Å²) < 4.78 is 23.2. The largest absolute Gasteiger partial charge is 0.508 e. The number of rotatable bonds is 16. The molecule has 0 radical (unpaired) electrons. The van der Waals surface area contributed by atoms with Crippen molar-refractivity contribution in [1.82, 2.24) is 45.9 Å². The van der Waals surface area contributed by atoms with Crippen LogP contribution in [0.3, 0.4) is 0 Å². The van der Waals surface area contributed by atoms with E-state index in [0.717, 1.165) is 141 Å². The molecule has 5 atom stereocenters. The smallest absolute Gasteiger partial charge is 0.248 e. The number of aromatic hydroxyl groups is 1. The number of amides is 1. The van der Waals surface area contributed by atoms with Gasteiger partial charge in [0.15, 0.2) is 23.0 Å². The summed E-state index contributed by atoms with van der Waals surface area (Å²) in [5.74, 6) is 2.65. The van der Waals surface area contributed by atoms with Gasteiger partial charge in [-0.1, -0.05) is 68.4 Å². The number of aromatic nitrogens is 5. The summed E-state index contributed by atoms with van der Waals surface area (Å²) in [6, 6.07) is 20.0. The van der Waals surface area contributed by atoms with Crippen LogP contribution >= 0.6 is 11.3 Å². The number of Topliss-reactive ketones (excluding diaryl/α,β-unsaturated/α-hetero) is 1. The number of likely N-dealkylation sites (tertiary alicyclic amines) is 1.